The number of hydrogen-bond acceptors (Lipinski definition) is 9. The highest BCUT2D eigenvalue weighted by molar-refractivity contribution is 5.91. The van der Waals surface area contributed by atoms with E-state index in [1.807, 2.05) is 0 Å². The Kier molecular flexibility index (Phi) is 9.21. The number of hydrogen-bond donors (Lipinski definition) is 0. The molecule has 0 aliphatic carbocycles. The normalized spacial score (nSPS) is 22.7. The Bertz CT molecular complexity index is 1200. The van der Waals surface area contributed by atoms with Gasteiger partial charge >= 0.3 is 17.9 Å². The van der Waals surface area contributed by atoms with Crippen molar-refractivity contribution in [2.45, 2.75) is 30.7 Å². The van der Waals surface area contributed by atoms with Crippen LogP contribution in [-0.4, -0.2) is 69.4 Å². The van der Waals surface area contributed by atoms with Crippen LogP contribution in [0.3, 0.4) is 0 Å². The first-order chi connectivity index (χ1) is 18.5. The predicted molar refractivity (Wildman–Crippen MR) is 134 cm³/mol. The topological polar surface area (TPSA) is 107 Å². The van der Waals surface area contributed by atoms with Crippen LogP contribution in [0.2, 0.25) is 0 Å². The molecule has 198 valence electrons. The molecular weight excluding hydrogens is 492 g/mol. The summed E-state index contributed by atoms with van der Waals surface area (Å²) < 4.78 is 34.3. The van der Waals surface area contributed by atoms with E-state index < -0.39 is 48.6 Å². The van der Waals surface area contributed by atoms with Gasteiger partial charge < -0.3 is 28.4 Å². The minimum absolute atomic E-state index is 0.0244. The molecule has 9 nitrogen and oxygen atoms in total. The Morgan fingerprint density at radius 1 is 0.605 bits per heavy atom. The molecule has 5 atom stereocenters. The SMILES string of the molecule is COC[C@@H]1O[C@H](OC(=O)c2ccccc2)[C@@H](OC(=O)c2ccccc2)[C@@H](OC(=O)c2ccccc2)[C@@H]1OC. The van der Waals surface area contributed by atoms with Crippen molar-refractivity contribution in [3.8, 4) is 0 Å². The fraction of sp³-hybridized carbons (Fsp3) is 0.276. The Balaban J connectivity index is 1.69. The van der Waals surface area contributed by atoms with E-state index in [9.17, 15) is 14.4 Å². The van der Waals surface area contributed by atoms with E-state index in [0.717, 1.165) is 0 Å². The first-order valence-electron chi connectivity index (χ1n) is 12.0. The molecule has 0 bridgehead atoms. The van der Waals surface area contributed by atoms with Crippen molar-refractivity contribution >= 4 is 17.9 Å². The molecule has 0 spiro atoms. The van der Waals surface area contributed by atoms with Gasteiger partial charge in [-0.15, -0.1) is 0 Å². The lowest BCUT2D eigenvalue weighted by Crippen LogP contribution is -2.62. The van der Waals surface area contributed by atoms with Crippen molar-refractivity contribution in [1.82, 2.24) is 0 Å². The van der Waals surface area contributed by atoms with Crippen LogP contribution in [0.1, 0.15) is 31.1 Å². The molecule has 0 aromatic heterocycles. The quantitative estimate of drug-likeness (QED) is 0.308. The van der Waals surface area contributed by atoms with Gasteiger partial charge in [-0.25, -0.2) is 14.4 Å². The molecular formula is C29H28O9. The lowest BCUT2D eigenvalue weighted by atomic mass is 9.98. The molecule has 0 amide bonds. The summed E-state index contributed by atoms with van der Waals surface area (Å²) in [6.45, 7) is 0.0244. The molecule has 9 heteroatoms. The van der Waals surface area contributed by atoms with Crippen molar-refractivity contribution in [3.63, 3.8) is 0 Å². The Hall–Kier alpha value is -4.05. The van der Waals surface area contributed by atoms with Crippen molar-refractivity contribution in [2.75, 3.05) is 20.8 Å². The van der Waals surface area contributed by atoms with Gasteiger partial charge in [0, 0.05) is 14.2 Å². The lowest BCUT2D eigenvalue weighted by molar-refractivity contribution is -0.288. The van der Waals surface area contributed by atoms with Crippen molar-refractivity contribution in [2.24, 2.45) is 0 Å². The van der Waals surface area contributed by atoms with E-state index in [4.69, 9.17) is 28.4 Å². The van der Waals surface area contributed by atoms with Gasteiger partial charge in [0.05, 0.1) is 23.3 Å². The second-order valence-electron chi connectivity index (χ2n) is 8.44. The van der Waals surface area contributed by atoms with Gasteiger partial charge in [0.1, 0.15) is 12.2 Å². The Labute approximate surface area is 220 Å². The second kappa shape index (κ2) is 13.0. The van der Waals surface area contributed by atoms with Crippen LogP contribution >= 0.6 is 0 Å². The summed E-state index contributed by atoms with van der Waals surface area (Å²) in [5, 5.41) is 0. The number of carbonyl (C=O) groups excluding carboxylic acids is 3. The number of carbonyl (C=O) groups is 3. The Morgan fingerprint density at radius 3 is 1.45 bits per heavy atom. The van der Waals surface area contributed by atoms with E-state index in [-0.39, 0.29) is 23.3 Å². The summed E-state index contributed by atoms with van der Waals surface area (Å²) in [6.07, 6.45) is -5.74. The molecule has 0 N–H and O–H groups in total. The smallest absolute Gasteiger partial charge is 0.340 e. The van der Waals surface area contributed by atoms with E-state index in [1.54, 1.807) is 91.0 Å². The molecule has 0 radical (unpaired) electrons. The summed E-state index contributed by atoms with van der Waals surface area (Å²) in [5.41, 5.74) is 0.795. The fourth-order valence-corrected chi connectivity index (χ4v) is 4.10. The zero-order valence-corrected chi connectivity index (χ0v) is 20.9. The van der Waals surface area contributed by atoms with E-state index in [1.165, 1.54) is 14.2 Å². The van der Waals surface area contributed by atoms with E-state index >= 15 is 0 Å². The largest absolute Gasteiger partial charge is 0.452 e. The molecule has 1 aliphatic rings. The van der Waals surface area contributed by atoms with Crippen molar-refractivity contribution in [1.29, 1.82) is 0 Å². The van der Waals surface area contributed by atoms with Gasteiger partial charge in [-0.1, -0.05) is 54.6 Å². The fourth-order valence-electron chi connectivity index (χ4n) is 4.10. The number of esters is 3. The molecule has 0 saturated carbocycles. The van der Waals surface area contributed by atoms with Gasteiger partial charge in [-0.2, -0.15) is 0 Å². The number of rotatable bonds is 9. The second-order valence-corrected chi connectivity index (χ2v) is 8.44. The van der Waals surface area contributed by atoms with Gasteiger partial charge in [-0.05, 0) is 36.4 Å². The minimum Gasteiger partial charge on any atom is -0.452 e. The predicted octanol–water partition coefficient (Wildman–Crippen LogP) is 3.68. The molecule has 1 saturated heterocycles. The highest BCUT2D eigenvalue weighted by atomic mass is 16.7. The van der Waals surface area contributed by atoms with Crippen LogP contribution in [0.25, 0.3) is 0 Å². The number of ether oxygens (including phenoxy) is 6. The Morgan fingerprint density at radius 2 is 1.03 bits per heavy atom. The number of benzene rings is 3. The first kappa shape index (κ1) is 27.0. The highest BCUT2D eigenvalue weighted by Crippen LogP contribution is 2.31. The lowest BCUT2D eigenvalue weighted by Gasteiger charge is -2.44. The molecule has 1 fully saturated rings. The summed E-state index contributed by atoms with van der Waals surface area (Å²) in [4.78, 5) is 39.2. The van der Waals surface area contributed by atoms with E-state index in [2.05, 4.69) is 0 Å². The molecule has 1 heterocycles. The van der Waals surface area contributed by atoms with Gasteiger partial charge in [-0.3, -0.25) is 0 Å². The van der Waals surface area contributed by atoms with Crippen LogP contribution in [0.15, 0.2) is 91.0 Å². The molecule has 3 aromatic carbocycles. The maximum Gasteiger partial charge on any atom is 0.340 e. The van der Waals surface area contributed by atoms with Crippen molar-refractivity contribution in [3.05, 3.63) is 108 Å². The summed E-state index contributed by atoms with van der Waals surface area (Å²) in [7, 11) is 2.87. The third-order valence-corrected chi connectivity index (χ3v) is 5.93. The average molecular weight is 521 g/mol. The summed E-state index contributed by atoms with van der Waals surface area (Å²) >= 11 is 0. The molecule has 4 rings (SSSR count). The van der Waals surface area contributed by atoms with Crippen LogP contribution in [0, 0.1) is 0 Å². The average Bonchev–Trinajstić information content (AvgIpc) is 2.96. The van der Waals surface area contributed by atoms with Gasteiger partial charge in [0.25, 0.3) is 0 Å². The number of methoxy groups -OCH3 is 2. The maximum absolute atomic E-state index is 13.1. The first-order valence-corrected chi connectivity index (χ1v) is 12.0. The zero-order chi connectivity index (χ0) is 26.9. The van der Waals surface area contributed by atoms with Crippen LogP contribution in [0.5, 0.6) is 0 Å². The van der Waals surface area contributed by atoms with Crippen LogP contribution < -0.4 is 0 Å². The molecule has 1 aliphatic heterocycles. The summed E-state index contributed by atoms with van der Waals surface area (Å²) in [5.74, 6) is -2.11. The van der Waals surface area contributed by atoms with Crippen LogP contribution in [0.4, 0.5) is 0 Å². The van der Waals surface area contributed by atoms with Gasteiger partial charge in [0.15, 0.2) is 6.10 Å². The summed E-state index contributed by atoms with van der Waals surface area (Å²) in [6, 6.07) is 24.9. The molecule has 3 aromatic rings. The molecule has 0 unspecified atom stereocenters. The maximum atomic E-state index is 13.1. The zero-order valence-electron chi connectivity index (χ0n) is 20.9. The van der Waals surface area contributed by atoms with E-state index in [0.29, 0.717) is 0 Å². The minimum atomic E-state index is -1.43. The molecule has 38 heavy (non-hydrogen) atoms. The third-order valence-electron chi connectivity index (χ3n) is 5.93. The monoisotopic (exact) mass is 520 g/mol. The highest BCUT2D eigenvalue weighted by Gasteiger charge is 2.52. The standard InChI is InChI=1S/C29H28O9/c1-33-18-22-23(34-2)24(36-26(30)19-12-6-3-7-13-19)25(37-27(31)20-14-8-4-9-15-20)29(35-22)38-28(32)21-16-10-5-11-17-21/h3-17,22-25,29H,18H2,1-2H3/t22-,23+,24-,25-,29+/m0/s1. The van der Waals surface area contributed by atoms with Gasteiger partial charge in [0.2, 0.25) is 12.4 Å². The van der Waals surface area contributed by atoms with Crippen molar-refractivity contribution < 1.29 is 42.8 Å². The van der Waals surface area contributed by atoms with Crippen LogP contribution in [-0.2, 0) is 28.4 Å². The third kappa shape index (κ3) is 6.44.